The first-order chi connectivity index (χ1) is 14.7. The first-order valence-electron chi connectivity index (χ1n) is 9.71. The maximum absolute atomic E-state index is 13.4. The van der Waals surface area contributed by atoms with Crippen LogP contribution in [0.2, 0.25) is 0 Å². The molecule has 1 fully saturated rings. The molecule has 0 unspecified atom stereocenters. The van der Waals surface area contributed by atoms with E-state index in [9.17, 15) is 22.8 Å². The zero-order valence-corrected chi connectivity index (χ0v) is 18.0. The molecule has 1 saturated carbocycles. The largest absolute Gasteiger partial charge is 0.418 e. The summed E-state index contributed by atoms with van der Waals surface area (Å²) in [5, 5.41) is 5.27. The number of carbonyl (C=O) groups is 2. The summed E-state index contributed by atoms with van der Waals surface area (Å²) in [4.78, 5) is 27.6. The van der Waals surface area contributed by atoms with Gasteiger partial charge in [-0.3, -0.25) is 9.69 Å². The zero-order valence-electron chi connectivity index (χ0n) is 16.5. The van der Waals surface area contributed by atoms with Crippen molar-refractivity contribution in [2.24, 2.45) is 0 Å². The molecule has 0 spiro atoms. The van der Waals surface area contributed by atoms with Gasteiger partial charge in [-0.15, -0.1) is 0 Å². The molecule has 4 rings (SSSR count). The van der Waals surface area contributed by atoms with E-state index in [-0.39, 0.29) is 23.3 Å². The molecule has 31 heavy (non-hydrogen) atoms. The molecule has 162 valence electrons. The number of hydrogen-bond donors (Lipinski definition) is 2. The predicted octanol–water partition coefficient (Wildman–Crippen LogP) is 5.61. The van der Waals surface area contributed by atoms with E-state index in [1.165, 1.54) is 23.1 Å². The Bertz CT molecular complexity index is 1080. The molecule has 1 aliphatic carbocycles. The Balaban J connectivity index is 1.77. The van der Waals surface area contributed by atoms with Crippen LogP contribution in [0.1, 0.15) is 36.9 Å². The van der Waals surface area contributed by atoms with Crippen LogP contribution in [0.5, 0.6) is 0 Å². The quantitative estimate of drug-likeness (QED) is 0.581. The van der Waals surface area contributed by atoms with Crippen LogP contribution in [0.25, 0.3) is 0 Å². The molecular weight excluding hydrogens is 475 g/mol. The molecule has 2 aromatic rings. The molecule has 1 heterocycles. The van der Waals surface area contributed by atoms with Crippen LogP contribution in [-0.2, 0) is 11.0 Å². The van der Waals surface area contributed by atoms with Crippen molar-refractivity contribution in [2.75, 3.05) is 5.32 Å². The second kappa shape index (κ2) is 8.03. The molecular formula is C22H19BrF3N3O2. The van der Waals surface area contributed by atoms with Crippen LogP contribution in [0.4, 0.5) is 23.7 Å². The highest BCUT2D eigenvalue weighted by Gasteiger charge is 2.43. The minimum Gasteiger partial charge on any atom is -0.326 e. The molecule has 2 N–H and O–H groups in total. The number of allylic oxidation sites excluding steroid dienone is 1. The number of halogens is 4. The lowest BCUT2D eigenvalue weighted by atomic mass is 9.94. The number of benzene rings is 2. The first-order valence-corrected chi connectivity index (χ1v) is 10.5. The number of carbonyl (C=O) groups excluding carboxylic acids is 2. The predicted molar refractivity (Wildman–Crippen MR) is 113 cm³/mol. The van der Waals surface area contributed by atoms with E-state index in [0.717, 1.165) is 18.9 Å². The number of amides is 3. The normalized spacial score (nSPS) is 19.3. The summed E-state index contributed by atoms with van der Waals surface area (Å²) >= 11 is 3.44. The molecule has 0 saturated heterocycles. The fourth-order valence-corrected chi connectivity index (χ4v) is 4.31. The van der Waals surface area contributed by atoms with Gasteiger partial charge in [0, 0.05) is 16.2 Å². The summed E-state index contributed by atoms with van der Waals surface area (Å²) in [5.74, 6) is -0.694. The van der Waals surface area contributed by atoms with Gasteiger partial charge in [-0.25, -0.2) is 4.79 Å². The maximum Gasteiger partial charge on any atom is 0.418 e. The molecule has 2 aliphatic rings. The van der Waals surface area contributed by atoms with Crippen LogP contribution in [-0.4, -0.2) is 22.9 Å². The molecule has 1 aliphatic heterocycles. The Kier molecular flexibility index (Phi) is 5.55. The third-order valence-electron chi connectivity index (χ3n) is 5.38. The summed E-state index contributed by atoms with van der Waals surface area (Å²) in [6.07, 6.45) is -2.98. The minimum absolute atomic E-state index is 0.00887. The average Bonchev–Trinajstić information content (AvgIpc) is 3.52. The average molecular weight is 494 g/mol. The van der Waals surface area contributed by atoms with E-state index in [4.69, 9.17) is 0 Å². The first kappa shape index (κ1) is 21.4. The Hall–Kier alpha value is -2.81. The van der Waals surface area contributed by atoms with Crippen molar-refractivity contribution in [1.82, 2.24) is 10.2 Å². The summed E-state index contributed by atoms with van der Waals surface area (Å²) in [6, 6.07) is 10.8. The summed E-state index contributed by atoms with van der Waals surface area (Å²) in [5.41, 5.74) is 0.0169. The van der Waals surface area contributed by atoms with Gasteiger partial charge in [0.1, 0.15) is 0 Å². The summed E-state index contributed by atoms with van der Waals surface area (Å²) in [7, 11) is 0. The van der Waals surface area contributed by atoms with Gasteiger partial charge in [0.25, 0.3) is 5.91 Å². The lowest BCUT2D eigenvalue weighted by molar-refractivity contribution is -0.137. The topological polar surface area (TPSA) is 61.4 Å². The number of nitrogens with one attached hydrogen (secondary N) is 2. The van der Waals surface area contributed by atoms with Crippen LogP contribution in [0.15, 0.2) is 64.3 Å². The van der Waals surface area contributed by atoms with Crippen molar-refractivity contribution in [3.63, 3.8) is 0 Å². The minimum atomic E-state index is -4.62. The van der Waals surface area contributed by atoms with Crippen LogP contribution < -0.4 is 10.6 Å². The number of hydrogen-bond acceptors (Lipinski definition) is 2. The number of para-hydroxylation sites is 1. The van der Waals surface area contributed by atoms with E-state index in [2.05, 4.69) is 26.6 Å². The van der Waals surface area contributed by atoms with Crippen molar-refractivity contribution in [2.45, 2.75) is 38.0 Å². The fourth-order valence-electron chi connectivity index (χ4n) is 3.80. The van der Waals surface area contributed by atoms with Gasteiger partial charge in [-0.2, -0.15) is 13.2 Å². The molecule has 3 amide bonds. The van der Waals surface area contributed by atoms with Crippen LogP contribution in [0, 0.1) is 0 Å². The smallest absolute Gasteiger partial charge is 0.326 e. The van der Waals surface area contributed by atoms with E-state index < -0.39 is 23.7 Å². The van der Waals surface area contributed by atoms with Crippen LogP contribution in [0.3, 0.4) is 0 Å². The van der Waals surface area contributed by atoms with Crippen molar-refractivity contribution in [3.05, 3.63) is 75.4 Å². The van der Waals surface area contributed by atoms with Crippen molar-refractivity contribution >= 4 is 33.6 Å². The maximum atomic E-state index is 13.4. The van der Waals surface area contributed by atoms with Gasteiger partial charge in [0.15, 0.2) is 0 Å². The fraction of sp³-hybridized carbons (Fsp3) is 0.273. The molecule has 0 bridgehead atoms. The monoisotopic (exact) mass is 493 g/mol. The molecule has 9 heteroatoms. The zero-order chi connectivity index (χ0) is 22.3. The van der Waals surface area contributed by atoms with E-state index in [1.807, 2.05) is 0 Å². The van der Waals surface area contributed by atoms with Gasteiger partial charge < -0.3 is 10.6 Å². The Morgan fingerprint density at radius 3 is 2.42 bits per heavy atom. The van der Waals surface area contributed by atoms with Gasteiger partial charge in [0.2, 0.25) is 0 Å². The second-order valence-electron chi connectivity index (χ2n) is 7.50. The third-order valence-corrected chi connectivity index (χ3v) is 6.10. The highest BCUT2D eigenvalue weighted by atomic mass is 79.9. The van der Waals surface area contributed by atoms with Gasteiger partial charge in [-0.05, 0) is 43.5 Å². The Morgan fingerprint density at radius 2 is 1.77 bits per heavy atom. The standard InChI is InChI=1S/C22H19BrF3N3O2/c1-12-18(20(30)27-17-9-5-3-7-15(17)22(24,25)26)19(14-6-2-4-8-16(14)23)28-21(31)29(12)13-10-11-13/h2-9,13,19H,10-11H2,1H3,(H,27,30)(H,28,31)/t19-/m1/s1. The number of alkyl halides is 3. The molecule has 0 radical (unpaired) electrons. The molecule has 0 aromatic heterocycles. The van der Waals surface area contributed by atoms with E-state index in [0.29, 0.717) is 15.7 Å². The Labute approximate surface area is 185 Å². The van der Waals surface area contributed by atoms with Crippen molar-refractivity contribution in [1.29, 1.82) is 0 Å². The highest BCUT2D eigenvalue weighted by molar-refractivity contribution is 9.10. The van der Waals surface area contributed by atoms with Crippen LogP contribution >= 0.6 is 15.9 Å². The number of rotatable bonds is 4. The summed E-state index contributed by atoms with van der Waals surface area (Å²) in [6.45, 7) is 1.66. The number of nitrogens with zero attached hydrogens (tertiary/aromatic N) is 1. The summed E-state index contributed by atoms with van der Waals surface area (Å²) < 4.78 is 40.9. The SMILES string of the molecule is CC1=C(C(=O)Nc2ccccc2C(F)(F)F)[C@@H](c2ccccc2Br)NC(=O)N1C1CC1. The number of anilines is 1. The lowest BCUT2D eigenvalue weighted by Gasteiger charge is -2.36. The van der Waals surface area contributed by atoms with Gasteiger partial charge >= 0.3 is 12.2 Å². The third kappa shape index (κ3) is 4.19. The molecule has 5 nitrogen and oxygen atoms in total. The van der Waals surface area contributed by atoms with Gasteiger partial charge in [0.05, 0.1) is 22.9 Å². The second-order valence-corrected chi connectivity index (χ2v) is 8.36. The van der Waals surface area contributed by atoms with E-state index >= 15 is 0 Å². The van der Waals surface area contributed by atoms with Crippen molar-refractivity contribution in [3.8, 4) is 0 Å². The van der Waals surface area contributed by atoms with Crippen molar-refractivity contribution < 1.29 is 22.8 Å². The lowest BCUT2D eigenvalue weighted by Crippen LogP contribution is -2.49. The van der Waals surface area contributed by atoms with Gasteiger partial charge in [-0.1, -0.05) is 46.3 Å². The van der Waals surface area contributed by atoms with E-state index in [1.54, 1.807) is 31.2 Å². The molecule has 2 aromatic carbocycles. The Morgan fingerprint density at radius 1 is 1.13 bits per heavy atom. The molecule has 1 atom stereocenters. The highest BCUT2D eigenvalue weighted by Crippen LogP contribution is 2.40. The number of urea groups is 1.